The van der Waals surface area contributed by atoms with Gasteiger partial charge < -0.3 is 9.47 Å². The minimum absolute atomic E-state index is 0.0539. The van der Waals surface area contributed by atoms with Crippen LogP contribution in [0.4, 0.5) is 4.39 Å². The van der Waals surface area contributed by atoms with Crippen LogP contribution in [0.15, 0.2) is 24.3 Å². The molecular formula is C21H26FN3O2. The van der Waals surface area contributed by atoms with Crippen LogP contribution in [0.25, 0.3) is 5.69 Å². The van der Waals surface area contributed by atoms with Gasteiger partial charge in [0.05, 0.1) is 6.54 Å². The lowest BCUT2D eigenvalue weighted by atomic mass is 10.1. The number of rotatable bonds is 4. The number of Topliss-reactive ketones (excluding diaryl/α,β-unsaturated/α-hetero) is 1. The van der Waals surface area contributed by atoms with E-state index in [-0.39, 0.29) is 17.5 Å². The largest absolute Gasteiger partial charge is 0.340 e. The van der Waals surface area contributed by atoms with Crippen LogP contribution in [0.5, 0.6) is 0 Å². The predicted molar refractivity (Wildman–Crippen MR) is 103 cm³/mol. The first-order valence-electron chi connectivity index (χ1n) is 9.24. The van der Waals surface area contributed by atoms with Crippen molar-refractivity contribution in [1.82, 2.24) is 14.4 Å². The van der Waals surface area contributed by atoms with Crippen molar-refractivity contribution >= 4 is 11.7 Å². The molecule has 0 atom stereocenters. The summed E-state index contributed by atoms with van der Waals surface area (Å²) in [5, 5.41) is 0. The third-order valence-electron chi connectivity index (χ3n) is 5.33. The lowest BCUT2D eigenvalue weighted by Gasteiger charge is -2.33. The van der Waals surface area contributed by atoms with Crippen LogP contribution >= 0.6 is 0 Å². The number of carbonyl (C=O) groups is 2. The van der Waals surface area contributed by atoms with Crippen molar-refractivity contribution in [2.24, 2.45) is 0 Å². The molecule has 1 aromatic heterocycles. The fourth-order valence-corrected chi connectivity index (χ4v) is 3.67. The molecule has 1 aromatic carbocycles. The maximum atomic E-state index is 14.0. The summed E-state index contributed by atoms with van der Waals surface area (Å²) in [5.74, 6) is -0.121. The molecule has 1 aliphatic heterocycles. The number of halogens is 1. The van der Waals surface area contributed by atoms with E-state index >= 15 is 0 Å². The molecule has 2 aromatic rings. The molecule has 0 saturated carbocycles. The van der Waals surface area contributed by atoms with Gasteiger partial charge in [-0.25, -0.2) is 4.39 Å². The summed E-state index contributed by atoms with van der Waals surface area (Å²) in [6, 6.07) is 7.00. The van der Waals surface area contributed by atoms with Gasteiger partial charge in [-0.05, 0) is 44.5 Å². The van der Waals surface area contributed by atoms with E-state index in [4.69, 9.17) is 0 Å². The fraction of sp³-hybridized carbons (Fsp3) is 0.429. The van der Waals surface area contributed by atoms with E-state index < -0.39 is 0 Å². The lowest BCUT2D eigenvalue weighted by Crippen LogP contribution is -2.49. The molecule has 0 spiro atoms. The van der Waals surface area contributed by atoms with Gasteiger partial charge in [0, 0.05) is 55.7 Å². The third-order valence-corrected chi connectivity index (χ3v) is 5.33. The highest BCUT2D eigenvalue weighted by Crippen LogP contribution is 2.23. The van der Waals surface area contributed by atoms with E-state index in [9.17, 15) is 14.0 Å². The fourth-order valence-electron chi connectivity index (χ4n) is 3.67. The van der Waals surface area contributed by atoms with Crippen LogP contribution in [-0.4, -0.2) is 58.8 Å². The summed E-state index contributed by atoms with van der Waals surface area (Å²) >= 11 is 0. The quantitative estimate of drug-likeness (QED) is 0.777. The van der Waals surface area contributed by atoms with Crippen LogP contribution in [0.1, 0.15) is 34.2 Å². The van der Waals surface area contributed by atoms with Gasteiger partial charge >= 0.3 is 0 Å². The normalized spacial score (nSPS) is 15.2. The Morgan fingerprint density at radius 1 is 1.04 bits per heavy atom. The van der Waals surface area contributed by atoms with Crippen molar-refractivity contribution in [2.45, 2.75) is 27.7 Å². The average molecular weight is 371 g/mol. The summed E-state index contributed by atoms with van der Waals surface area (Å²) in [7, 11) is 0. The Labute approximate surface area is 159 Å². The lowest BCUT2D eigenvalue weighted by molar-refractivity contribution is -0.130. The van der Waals surface area contributed by atoms with Gasteiger partial charge in [0.15, 0.2) is 5.78 Å². The number of aromatic nitrogens is 1. The molecule has 1 amide bonds. The zero-order chi connectivity index (χ0) is 19.7. The summed E-state index contributed by atoms with van der Waals surface area (Å²) in [5.41, 5.74) is 3.72. The van der Waals surface area contributed by atoms with Crippen LogP contribution < -0.4 is 0 Å². The monoisotopic (exact) mass is 371 g/mol. The smallest absolute Gasteiger partial charge is 0.219 e. The van der Waals surface area contributed by atoms with E-state index in [1.54, 1.807) is 24.8 Å². The maximum Gasteiger partial charge on any atom is 0.219 e. The Balaban J connectivity index is 1.77. The highest BCUT2D eigenvalue weighted by atomic mass is 19.1. The molecule has 3 rings (SSSR count). The molecule has 1 fully saturated rings. The minimum Gasteiger partial charge on any atom is -0.340 e. The Morgan fingerprint density at radius 3 is 2.30 bits per heavy atom. The molecule has 0 radical (unpaired) electrons. The Hall–Kier alpha value is -2.47. The van der Waals surface area contributed by atoms with Crippen molar-refractivity contribution in [1.29, 1.82) is 0 Å². The summed E-state index contributed by atoms with van der Waals surface area (Å²) in [6.07, 6.45) is 0. The minimum atomic E-state index is -0.254. The zero-order valence-corrected chi connectivity index (χ0v) is 16.4. The first kappa shape index (κ1) is 19.3. The molecule has 0 unspecified atom stereocenters. The Kier molecular flexibility index (Phi) is 5.46. The van der Waals surface area contributed by atoms with Crippen molar-refractivity contribution < 1.29 is 14.0 Å². The zero-order valence-electron chi connectivity index (χ0n) is 16.4. The molecule has 2 heterocycles. The number of piperazine rings is 1. The number of hydrogen-bond donors (Lipinski definition) is 0. The van der Waals surface area contributed by atoms with Gasteiger partial charge in [0.25, 0.3) is 0 Å². The van der Waals surface area contributed by atoms with Crippen LogP contribution in [0, 0.1) is 26.6 Å². The summed E-state index contributed by atoms with van der Waals surface area (Å²) < 4.78 is 15.9. The first-order chi connectivity index (χ1) is 12.8. The van der Waals surface area contributed by atoms with Crippen LogP contribution in [0.3, 0.4) is 0 Å². The number of carbonyl (C=O) groups excluding carboxylic acids is 2. The van der Waals surface area contributed by atoms with E-state index in [1.165, 1.54) is 6.07 Å². The molecule has 5 nitrogen and oxygen atoms in total. The SMILES string of the molecule is CC(=O)N1CCN(CC(=O)c2cc(C)n(-c3ccc(C)c(F)c3)c2C)CC1. The van der Waals surface area contributed by atoms with Crippen molar-refractivity contribution in [3.8, 4) is 5.69 Å². The molecule has 6 heteroatoms. The second-order valence-electron chi connectivity index (χ2n) is 7.26. The second kappa shape index (κ2) is 7.64. The van der Waals surface area contributed by atoms with Gasteiger partial charge in [-0.15, -0.1) is 0 Å². The molecule has 1 aliphatic rings. The van der Waals surface area contributed by atoms with Crippen molar-refractivity contribution in [2.75, 3.05) is 32.7 Å². The molecular weight excluding hydrogens is 345 g/mol. The maximum absolute atomic E-state index is 14.0. The third kappa shape index (κ3) is 3.95. The number of nitrogens with zero attached hydrogens (tertiary/aromatic N) is 3. The molecule has 27 heavy (non-hydrogen) atoms. The molecule has 0 N–H and O–H groups in total. The number of ketones is 1. The van der Waals surface area contributed by atoms with Crippen molar-refractivity contribution in [3.63, 3.8) is 0 Å². The second-order valence-corrected chi connectivity index (χ2v) is 7.26. The number of amides is 1. The molecule has 144 valence electrons. The highest BCUT2D eigenvalue weighted by molar-refractivity contribution is 5.99. The van der Waals surface area contributed by atoms with E-state index in [0.717, 1.165) is 17.1 Å². The summed E-state index contributed by atoms with van der Waals surface area (Å²) in [6.45, 7) is 10.2. The predicted octanol–water partition coefficient (Wildman–Crippen LogP) is 2.89. The Bertz CT molecular complexity index is 880. The average Bonchev–Trinajstić information content (AvgIpc) is 2.92. The van der Waals surface area contributed by atoms with Gasteiger partial charge in [-0.1, -0.05) is 6.07 Å². The van der Waals surface area contributed by atoms with Crippen LogP contribution in [0.2, 0.25) is 0 Å². The number of benzene rings is 1. The molecule has 0 bridgehead atoms. The van der Waals surface area contributed by atoms with Crippen LogP contribution in [-0.2, 0) is 4.79 Å². The first-order valence-corrected chi connectivity index (χ1v) is 9.24. The van der Waals surface area contributed by atoms with Gasteiger partial charge in [-0.2, -0.15) is 0 Å². The summed E-state index contributed by atoms with van der Waals surface area (Å²) in [4.78, 5) is 28.2. The van der Waals surface area contributed by atoms with Gasteiger partial charge in [0.2, 0.25) is 5.91 Å². The highest BCUT2D eigenvalue weighted by Gasteiger charge is 2.23. The van der Waals surface area contributed by atoms with E-state index in [2.05, 4.69) is 4.90 Å². The number of aryl methyl sites for hydroxylation is 2. The molecule has 0 aliphatic carbocycles. The van der Waals surface area contributed by atoms with E-state index in [0.29, 0.717) is 43.9 Å². The standard InChI is InChI=1S/C21H26FN3O2/c1-14-5-6-18(12-20(14)22)25-15(2)11-19(16(25)3)21(27)13-23-7-9-24(10-8-23)17(4)26/h5-6,11-12H,7-10,13H2,1-4H3. The number of hydrogen-bond acceptors (Lipinski definition) is 3. The Morgan fingerprint density at radius 2 is 1.70 bits per heavy atom. The van der Waals surface area contributed by atoms with Gasteiger partial charge in [-0.3, -0.25) is 14.5 Å². The van der Waals surface area contributed by atoms with E-state index in [1.807, 2.05) is 30.5 Å². The topological polar surface area (TPSA) is 45.6 Å². The molecule has 1 saturated heterocycles. The van der Waals surface area contributed by atoms with Crippen molar-refractivity contribution in [3.05, 3.63) is 52.6 Å². The van der Waals surface area contributed by atoms with Gasteiger partial charge in [0.1, 0.15) is 5.82 Å².